The quantitative estimate of drug-likeness (QED) is 0.692. The van der Waals surface area contributed by atoms with E-state index < -0.39 is 0 Å². The minimum atomic E-state index is -0.0636. The van der Waals surface area contributed by atoms with Gasteiger partial charge in [0.15, 0.2) is 0 Å². The molecular weight excluding hydrogens is 342 g/mol. The third kappa shape index (κ3) is 3.16. The van der Waals surface area contributed by atoms with Crippen LogP contribution >= 0.6 is 11.3 Å². The molecule has 0 amide bonds. The first-order valence-corrected chi connectivity index (χ1v) is 10.1. The standard InChI is InChI=1S/C21H25N3OS/c1-11-5-6-16-17(10-11)26-21-18(16)20(25)23-19(24-21)14(4)22-15-8-12(2)7-13(3)9-15/h7-9,11,14,22H,5-6,10H2,1-4H3,(H,23,24,25)/t11-,14-/m0/s1. The molecule has 2 N–H and O–H groups in total. The molecule has 5 heteroatoms. The SMILES string of the molecule is Cc1cc(C)cc(N[C@@H](C)c2nc3sc4c(c3c(=O)[nH]2)CC[C@H](C)C4)c1. The Kier molecular flexibility index (Phi) is 4.35. The lowest BCUT2D eigenvalue weighted by atomic mass is 9.89. The number of H-pyrrole nitrogens is 1. The lowest BCUT2D eigenvalue weighted by Gasteiger charge is -2.17. The molecule has 136 valence electrons. The normalized spacial score (nSPS) is 17.9. The lowest BCUT2D eigenvalue weighted by Crippen LogP contribution is -2.18. The zero-order valence-corrected chi connectivity index (χ0v) is 16.6. The van der Waals surface area contributed by atoms with Gasteiger partial charge >= 0.3 is 0 Å². The number of hydrogen-bond acceptors (Lipinski definition) is 4. The van der Waals surface area contributed by atoms with Crippen molar-refractivity contribution in [1.82, 2.24) is 9.97 Å². The van der Waals surface area contributed by atoms with Gasteiger partial charge in [0.25, 0.3) is 5.56 Å². The number of rotatable bonds is 3. The second kappa shape index (κ2) is 6.54. The molecule has 1 aromatic carbocycles. The van der Waals surface area contributed by atoms with Gasteiger partial charge in [0.05, 0.1) is 11.4 Å². The van der Waals surface area contributed by atoms with Gasteiger partial charge in [0, 0.05) is 10.6 Å². The summed E-state index contributed by atoms with van der Waals surface area (Å²) in [7, 11) is 0. The molecule has 0 saturated carbocycles. The second-order valence-electron chi connectivity index (χ2n) is 7.73. The number of fused-ring (bicyclic) bond motifs is 3. The Morgan fingerprint density at radius 3 is 2.73 bits per heavy atom. The molecule has 0 aliphatic heterocycles. The smallest absolute Gasteiger partial charge is 0.259 e. The van der Waals surface area contributed by atoms with Crippen molar-refractivity contribution in [2.45, 2.75) is 53.0 Å². The molecule has 0 radical (unpaired) electrons. The maximum absolute atomic E-state index is 12.8. The third-order valence-corrected chi connectivity index (χ3v) is 6.35. The Balaban J connectivity index is 1.69. The van der Waals surface area contributed by atoms with Crippen molar-refractivity contribution < 1.29 is 0 Å². The van der Waals surface area contributed by atoms with Crippen LogP contribution < -0.4 is 10.9 Å². The first-order valence-electron chi connectivity index (χ1n) is 9.30. The topological polar surface area (TPSA) is 57.8 Å². The molecule has 4 rings (SSSR count). The van der Waals surface area contributed by atoms with Crippen molar-refractivity contribution in [2.24, 2.45) is 5.92 Å². The van der Waals surface area contributed by atoms with Crippen LogP contribution in [0.2, 0.25) is 0 Å². The highest BCUT2D eigenvalue weighted by Crippen LogP contribution is 2.36. The number of hydrogen-bond donors (Lipinski definition) is 2. The largest absolute Gasteiger partial charge is 0.375 e. The van der Waals surface area contributed by atoms with Crippen molar-refractivity contribution in [3.05, 3.63) is 55.9 Å². The van der Waals surface area contributed by atoms with Gasteiger partial charge in [-0.15, -0.1) is 11.3 Å². The van der Waals surface area contributed by atoms with Gasteiger partial charge in [-0.25, -0.2) is 4.98 Å². The number of anilines is 1. The molecule has 3 aromatic rings. The van der Waals surface area contributed by atoms with Crippen LogP contribution in [0.15, 0.2) is 23.0 Å². The Bertz CT molecular complexity index is 1010. The lowest BCUT2D eigenvalue weighted by molar-refractivity contribution is 0.509. The van der Waals surface area contributed by atoms with E-state index in [0.29, 0.717) is 11.7 Å². The zero-order chi connectivity index (χ0) is 18.4. The van der Waals surface area contributed by atoms with E-state index >= 15 is 0 Å². The van der Waals surface area contributed by atoms with Crippen LogP contribution in [-0.4, -0.2) is 9.97 Å². The van der Waals surface area contributed by atoms with Gasteiger partial charge in [-0.2, -0.15) is 0 Å². The molecule has 1 aliphatic carbocycles. The number of nitrogens with one attached hydrogen (secondary N) is 2. The van der Waals surface area contributed by atoms with Crippen LogP contribution in [0.4, 0.5) is 5.69 Å². The average molecular weight is 368 g/mol. The number of aromatic amines is 1. The molecule has 2 aromatic heterocycles. The molecule has 2 atom stereocenters. The summed E-state index contributed by atoms with van der Waals surface area (Å²) in [5.74, 6) is 1.40. The van der Waals surface area contributed by atoms with Gasteiger partial charge in [0.1, 0.15) is 10.7 Å². The van der Waals surface area contributed by atoms with Gasteiger partial charge < -0.3 is 10.3 Å². The van der Waals surface area contributed by atoms with Crippen molar-refractivity contribution in [3.8, 4) is 0 Å². The van der Waals surface area contributed by atoms with Crippen molar-refractivity contribution in [2.75, 3.05) is 5.32 Å². The van der Waals surface area contributed by atoms with E-state index in [9.17, 15) is 4.79 Å². The summed E-state index contributed by atoms with van der Waals surface area (Å²) >= 11 is 1.70. The number of aryl methyl sites for hydroxylation is 3. The van der Waals surface area contributed by atoms with Gasteiger partial charge in [-0.3, -0.25) is 4.79 Å². The van der Waals surface area contributed by atoms with E-state index in [1.165, 1.54) is 21.6 Å². The van der Waals surface area contributed by atoms with Crippen LogP contribution in [0.5, 0.6) is 0 Å². The Morgan fingerprint density at radius 2 is 2.00 bits per heavy atom. The zero-order valence-electron chi connectivity index (χ0n) is 15.8. The highest BCUT2D eigenvalue weighted by molar-refractivity contribution is 7.18. The van der Waals surface area contributed by atoms with Crippen LogP contribution in [0.1, 0.15) is 53.7 Å². The molecule has 0 bridgehead atoms. The number of benzene rings is 1. The van der Waals surface area contributed by atoms with Crippen LogP contribution in [0, 0.1) is 19.8 Å². The van der Waals surface area contributed by atoms with Crippen molar-refractivity contribution >= 4 is 27.2 Å². The average Bonchev–Trinajstić information content (AvgIpc) is 2.91. The molecule has 2 heterocycles. The predicted octanol–water partition coefficient (Wildman–Crippen LogP) is 4.90. The molecule has 1 aliphatic rings. The number of thiophene rings is 1. The summed E-state index contributed by atoms with van der Waals surface area (Å²) in [6.07, 6.45) is 3.23. The predicted molar refractivity (Wildman–Crippen MR) is 109 cm³/mol. The van der Waals surface area contributed by atoms with Gasteiger partial charge in [-0.1, -0.05) is 13.0 Å². The molecule has 0 fully saturated rings. The van der Waals surface area contributed by atoms with Crippen molar-refractivity contribution in [3.63, 3.8) is 0 Å². The fraction of sp³-hybridized carbons (Fsp3) is 0.429. The molecule has 0 unspecified atom stereocenters. The highest BCUT2D eigenvalue weighted by atomic mass is 32.1. The maximum Gasteiger partial charge on any atom is 0.259 e. The molecule has 0 spiro atoms. The van der Waals surface area contributed by atoms with E-state index in [-0.39, 0.29) is 11.6 Å². The second-order valence-corrected chi connectivity index (χ2v) is 8.81. The van der Waals surface area contributed by atoms with Gasteiger partial charge in [-0.05, 0) is 74.8 Å². The molecule has 4 nitrogen and oxygen atoms in total. The van der Waals surface area contributed by atoms with E-state index in [4.69, 9.17) is 4.98 Å². The van der Waals surface area contributed by atoms with E-state index in [1.807, 2.05) is 6.92 Å². The summed E-state index contributed by atoms with van der Waals surface area (Å²) in [6.45, 7) is 8.50. The number of nitrogens with zero attached hydrogens (tertiary/aromatic N) is 1. The Hall–Kier alpha value is -2.14. The Labute approximate surface area is 157 Å². The van der Waals surface area contributed by atoms with E-state index in [0.717, 1.165) is 35.2 Å². The van der Waals surface area contributed by atoms with Gasteiger partial charge in [0.2, 0.25) is 0 Å². The summed E-state index contributed by atoms with van der Waals surface area (Å²) in [6, 6.07) is 6.32. The van der Waals surface area contributed by atoms with Crippen LogP contribution in [-0.2, 0) is 12.8 Å². The first-order chi connectivity index (χ1) is 12.4. The molecular formula is C21H25N3OS. The van der Waals surface area contributed by atoms with Crippen molar-refractivity contribution in [1.29, 1.82) is 0 Å². The summed E-state index contributed by atoms with van der Waals surface area (Å²) in [5, 5.41) is 4.29. The summed E-state index contributed by atoms with van der Waals surface area (Å²) < 4.78 is 0. The van der Waals surface area contributed by atoms with Crippen LogP contribution in [0.25, 0.3) is 10.2 Å². The van der Waals surface area contributed by atoms with E-state index in [1.54, 1.807) is 11.3 Å². The highest BCUT2D eigenvalue weighted by Gasteiger charge is 2.23. The fourth-order valence-electron chi connectivity index (χ4n) is 3.95. The first kappa shape index (κ1) is 17.3. The maximum atomic E-state index is 12.8. The third-order valence-electron chi connectivity index (χ3n) is 5.20. The molecule has 0 saturated heterocycles. The molecule has 26 heavy (non-hydrogen) atoms. The number of aromatic nitrogens is 2. The minimum Gasteiger partial charge on any atom is -0.375 e. The fourth-order valence-corrected chi connectivity index (χ4v) is 5.34. The minimum absolute atomic E-state index is 0.00567. The van der Waals surface area contributed by atoms with E-state index in [2.05, 4.69) is 49.3 Å². The summed E-state index contributed by atoms with van der Waals surface area (Å²) in [5.41, 5.74) is 4.73. The van der Waals surface area contributed by atoms with Crippen LogP contribution in [0.3, 0.4) is 0 Å². The monoisotopic (exact) mass is 367 g/mol. The Morgan fingerprint density at radius 1 is 1.27 bits per heavy atom. The summed E-state index contributed by atoms with van der Waals surface area (Å²) in [4.78, 5) is 22.8.